The number of aromatic nitrogens is 2. The minimum atomic E-state index is -4.12. The summed E-state index contributed by atoms with van der Waals surface area (Å²) in [4.78, 5) is 0. The summed E-state index contributed by atoms with van der Waals surface area (Å²) in [5.74, 6) is 0. The minimum Gasteiger partial charge on any atom is -0.273 e. The molecule has 2 aromatic rings. The van der Waals surface area contributed by atoms with Crippen molar-refractivity contribution >= 4 is 21.2 Å². The Morgan fingerprint density at radius 3 is 2.95 bits per heavy atom. The Morgan fingerprint density at radius 2 is 2.15 bits per heavy atom. The van der Waals surface area contributed by atoms with Crippen molar-refractivity contribution in [2.45, 2.75) is 25.4 Å². The first-order valence-corrected chi connectivity index (χ1v) is 7.93. The molecule has 6 nitrogen and oxygen atoms in total. The quantitative estimate of drug-likeness (QED) is 0.671. The van der Waals surface area contributed by atoms with Crippen LogP contribution in [-0.2, 0) is 16.8 Å². The van der Waals surface area contributed by atoms with Crippen LogP contribution >= 0.6 is 0 Å². The van der Waals surface area contributed by atoms with E-state index in [1.54, 1.807) is 4.68 Å². The summed E-state index contributed by atoms with van der Waals surface area (Å²) in [6.45, 7) is 0.822. The predicted octanol–water partition coefficient (Wildman–Crippen LogP) is 0.789. The summed E-state index contributed by atoms with van der Waals surface area (Å²) in [7, 11) is -4.12. The van der Waals surface area contributed by atoms with Crippen LogP contribution in [0.4, 0.5) is 0 Å². The van der Waals surface area contributed by atoms with Crippen LogP contribution in [0, 0.1) is 0 Å². The molecule has 0 saturated carbocycles. The highest BCUT2D eigenvalue weighted by atomic mass is 32.2. The van der Waals surface area contributed by atoms with E-state index < -0.39 is 10.3 Å². The van der Waals surface area contributed by atoms with Crippen LogP contribution in [-0.4, -0.2) is 35.0 Å². The first-order chi connectivity index (χ1) is 9.54. The monoisotopic (exact) mass is 294 g/mol. The van der Waals surface area contributed by atoms with Gasteiger partial charge in [-0.3, -0.25) is 4.55 Å². The number of rotatable bonds is 3. The van der Waals surface area contributed by atoms with Crippen LogP contribution in [0.15, 0.2) is 36.5 Å². The molecule has 1 fully saturated rings. The largest absolute Gasteiger partial charge is 0.336 e. The summed E-state index contributed by atoms with van der Waals surface area (Å²) in [5.41, 5.74) is 0.867. The average molecular weight is 294 g/mol. The van der Waals surface area contributed by atoms with Gasteiger partial charge in [-0.15, -0.1) is 0 Å². The molecule has 2 heterocycles. The van der Waals surface area contributed by atoms with Crippen molar-refractivity contribution < 1.29 is 17.7 Å². The Morgan fingerprint density at radius 1 is 1.35 bits per heavy atom. The molecular weight excluding hydrogens is 278 g/mol. The highest BCUT2D eigenvalue weighted by Gasteiger charge is 2.35. The molecule has 1 aromatic heterocycles. The van der Waals surface area contributed by atoms with Gasteiger partial charge < -0.3 is 0 Å². The Kier molecular flexibility index (Phi) is 3.41. The van der Waals surface area contributed by atoms with Crippen molar-refractivity contribution in [1.29, 1.82) is 0 Å². The van der Waals surface area contributed by atoms with Gasteiger partial charge in [-0.1, -0.05) is 22.9 Å². The standard InChI is InChI=1S/C13H15N3O3S/c17-20(18,19)16-8-3-5-12(16)10-15-9-7-11-4-1-2-6-13(11)14-15/h1-2,4,6-7,9,12H,3,5,8,10H2/p+1/t12-/m0/s1. The predicted molar refractivity (Wildman–Crippen MR) is 73.2 cm³/mol. The molecule has 0 radical (unpaired) electrons. The molecule has 1 N–H and O–H groups in total. The second-order valence-corrected chi connectivity index (χ2v) is 6.35. The molecular formula is C13H16N3O3S+. The van der Waals surface area contributed by atoms with Crippen molar-refractivity contribution in [3.05, 3.63) is 36.5 Å². The Bertz CT molecular complexity index is 732. The van der Waals surface area contributed by atoms with Gasteiger partial charge in [0.15, 0.2) is 12.7 Å². The molecule has 7 heteroatoms. The Balaban J connectivity index is 1.85. The molecule has 1 atom stereocenters. The van der Waals surface area contributed by atoms with Gasteiger partial charge >= 0.3 is 10.3 Å². The number of hydrogen-bond acceptors (Lipinski definition) is 3. The van der Waals surface area contributed by atoms with Gasteiger partial charge in [0, 0.05) is 23.1 Å². The lowest BCUT2D eigenvalue weighted by molar-refractivity contribution is -0.754. The second-order valence-electron chi connectivity index (χ2n) is 4.98. The first-order valence-electron chi connectivity index (χ1n) is 6.54. The summed E-state index contributed by atoms with van der Waals surface area (Å²) < 4.78 is 34.7. The highest BCUT2D eigenvalue weighted by molar-refractivity contribution is 7.83. The van der Waals surface area contributed by atoms with Crippen LogP contribution in [0.25, 0.3) is 10.9 Å². The lowest BCUT2D eigenvalue weighted by atomic mass is 10.2. The Labute approximate surface area is 117 Å². The maximum atomic E-state index is 11.3. The van der Waals surface area contributed by atoms with Gasteiger partial charge in [0.1, 0.15) is 5.52 Å². The van der Waals surface area contributed by atoms with E-state index in [0.717, 1.165) is 28.0 Å². The third kappa shape index (κ3) is 2.65. The van der Waals surface area contributed by atoms with E-state index in [-0.39, 0.29) is 6.04 Å². The van der Waals surface area contributed by atoms with Crippen LogP contribution in [0.3, 0.4) is 0 Å². The number of hydrogen-bond donors (Lipinski definition) is 1. The minimum absolute atomic E-state index is 0.233. The molecule has 0 amide bonds. The van der Waals surface area contributed by atoms with E-state index in [1.807, 2.05) is 36.5 Å². The van der Waals surface area contributed by atoms with Gasteiger partial charge in [0.2, 0.25) is 0 Å². The van der Waals surface area contributed by atoms with Crippen LogP contribution < -0.4 is 4.68 Å². The van der Waals surface area contributed by atoms with Gasteiger partial charge in [-0.05, 0) is 18.9 Å². The first kappa shape index (κ1) is 13.4. The maximum absolute atomic E-state index is 11.3. The van der Waals surface area contributed by atoms with Crippen molar-refractivity contribution in [3.63, 3.8) is 0 Å². The zero-order valence-corrected chi connectivity index (χ0v) is 11.7. The number of fused-ring (bicyclic) bond motifs is 1. The molecule has 3 rings (SSSR count). The van der Waals surface area contributed by atoms with Crippen molar-refractivity contribution in [2.24, 2.45) is 0 Å². The smallest absolute Gasteiger partial charge is 0.273 e. The molecule has 0 bridgehead atoms. The topological polar surface area (TPSA) is 74.4 Å². The van der Waals surface area contributed by atoms with E-state index in [9.17, 15) is 13.0 Å². The molecule has 1 aromatic carbocycles. The molecule has 0 unspecified atom stereocenters. The molecule has 1 aliphatic heterocycles. The highest BCUT2D eigenvalue weighted by Crippen LogP contribution is 2.20. The van der Waals surface area contributed by atoms with E-state index in [1.165, 1.54) is 0 Å². The molecule has 0 spiro atoms. The van der Waals surface area contributed by atoms with Crippen LogP contribution in [0.5, 0.6) is 0 Å². The average Bonchev–Trinajstić information content (AvgIpc) is 2.87. The maximum Gasteiger partial charge on any atom is 0.336 e. The third-order valence-electron chi connectivity index (χ3n) is 3.62. The summed E-state index contributed by atoms with van der Waals surface area (Å²) in [6.07, 6.45) is 3.34. The fraction of sp³-hybridized carbons (Fsp3) is 0.385. The molecule has 106 valence electrons. The molecule has 20 heavy (non-hydrogen) atoms. The van der Waals surface area contributed by atoms with E-state index in [2.05, 4.69) is 5.10 Å². The summed E-state index contributed by atoms with van der Waals surface area (Å²) in [5, 5.41) is 5.51. The lowest BCUT2D eigenvalue weighted by Gasteiger charge is -2.17. The molecule has 1 saturated heterocycles. The summed E-state index contributed by atoms with van der Waals surface area (Å²) >= 11 is 0. The van der Waals surface area contributed by atoms with Crippen molar-refractivity contribution in [1.82, 2.24) is 9.40 Å². The fourth-order valence-electron chi connectivity index (χ4n) is 2.67. The van der Waals surface area contributed by atoms with E-state index in [4.69, 9.17) is 0 Å². The lowest BCUT2D eigenvalue weighted by Crippen LogP contribution is -2.48. The van der Waals surface area contributed by atoms with Crippen LogP contribution in [0.2, 0.25) is 0 Å². The summed E-state index contributed by atoms with van der Waals surface area (Å²) in [6, 6.07) is 9.48. The number of benzene rings is 1. The van der Waals surface area contributed by atoms with Gasteiger partial charge in [-0.25, -0.2) is 0 Å². The van der Waals surface area contributed by atoms with Crippen molar-refractivity contribution in [3.8, 4) is 0 Å². The molecule has 1 aliphatic rings. The van der Waals surface area contributed by atoms with E-state index in [0.29, 0.717) is 13.1 Å². The Hall–Kier alpha value is -1.57. The normalized spacial score (nSPS) is 20.6. The van der Waals surface area contributed by atoms with Gasteiger partial charge in [0.25, 0.3) is 0 Å². The van der Waals surface area contributed by atoms with Crippen LogP contribution in [0.1, 0.15) is 12.8 Å². The zero-order chi connectivity index (χ0) is 14.2. The van der Waals surface area contributed by atoms with Crippen molar-refractivity contribution in [2.75, 3.05) is 6.54 Å². The fourth-order valence-corrected chi connectivity index (χ4v) is 3.58. The van der Waals surface area contributed by atoms with Gasteiger partial charge in [-0.2, -0.15) is 12.7 Å². The van der Waals surface area contributed by atoms with E-state index >= 15 is 0 Å². The third-order valence-corrected chi connectivity index (χ3v) is 4.69. The zero-order valence-electron chi connectivity index (χ0n) is 10.9. The molecule has 0 aliphatic carbocycles. The number of nitrogens with zero attached hydrogens (tertiary/aromatic N) is 3. The second kappa shape index (κ2) is 5.08. The van der Waals surface area contributed by atoms with Gasteiger partial charge in [0.05, 0.1) is 6.04 Å². The SMILES string of the molecule is O=S(=O)(O)N1CCC[C@H]1C[n+]1ccc2ccccc2n1.